The van der Waals surface area contributed by atoms with Crippen LogP contribution in [0.2, 0.25) is 0 Å². The molecule has 2 aromatic heterocycles. The first-order valence-corrected chi connectivity index (χ1v) is 10.3. The van der Waals surface area contributed by atoms with Crippen LogP contribution >= 0.6 is 27.3 Å². The van der Waals surface area contributed by atoms with Crippen LogP contribution in [0.25, 0.3) is 22.7 Å². The number of aromatic nitrogens is 3. The highest BCUT2D eigenvalue weighted by atomic mass is 79.9. The molecular formula is C21H18BrN3O2S. The molecule has 0 amide bonds. The number of phenols is 1. The summed E-state index contributed by atoms with van der Waals surface area (Å²) in [5.41, 5.74) is 4.74. The lowest BCUT2D eigenvalue weighted by Gasteiger charge is -2.09. The van der Waals surface area contributed by atoms with Crippen LogP contribution < -0.4 is 4.74 Å². The summed E-state index contributed by atoms with van der Waals surface area (Å²) < 4.78 is 7.93. The van der Waals surface area contributed by atoms with Gasteiger partial charge in [-0.2, -0.15) is 0 Å². The molecule has 0 atom stereocenters. The molecule has 2 heterocycles. The van der Waals surface area contributed by atoms with Gasteiger partial charge in [-0.3, -0.25) is 0 Å². The Morgan fingerprint density at radius 2 is 2.04 bits per heavy atom. The largest absolute Gasteiger partial charge is 0.503 e. The van der Waals surface area contributed by atoms with Crippen molar-refractivity contribution in [3.8, 4) is 11.5 Å². The quantitative estimate of drug-likeness (QED) is 0.447. The maximum absolute atomic E-state index is 10.1. The molecule has 5 nitrogen and oxygen atoms in total. The first kappa shape index (κ1) is 18.7. The third-order valence-electron chi connectivity index (χ3n) is 4.46. The summed E-state index contributed by atoms with van der Waals surface area (Å²) >= 11 is 4.98. The number of fused-ring (bicyclic) bond motifs is 1. The topological polar surface area (TPSA) is 60.2 Å². The second-order valence-corrected chi connectivity index (χ2v) is 8.10. The fraction of sp³-hybridized carbons (Fsp3) is 0.143. The van der Waals surface area contributed by atoms with E-state index >= 15 is 0 Å². The van der Waals surface area contributed by atoms with E-state index in [1.807, 2.05) is 49.7 Å². The number of imidazole rings is 1. The van der Waals surface area contributed by atoms with E-state index in [1.54, 1.807) is 17.4 Å². The van der Waals surface area contributed by atoms with E-state index in [4.69, 9.17) is 9.72 Å². The predicted molar refractivity (Wildman–Crippen MR) is 117 cm³/mol. The molecule has 0 radical (unpaired) electrons. The zero-order valence-corrected chi connectivity index (χ0v) is 18.0. The number of benzene rings is 2. The van der Waals surface area contributed by atoms with Gasteiger partial charge in [0.1, 0.15) is 10.8 Å². The zero-order valence-electron chi connectivity index (χ0n) is 15.6. The molecule has 28 heavy (non-hydrogen) atoms. The normalized spacial score (nSPS) is 11.9. The number of phenolic OH excluding ortho intramolecular Hbond substituents is 1. The van der Waals surface area contributed by atoms with E-state index in [9.17, 15) is 5.11 Å². The lowest BCUT2D eigenvalue weighted by molar-refractivity contribution is 0.372. The van der Waals surface area contributed by atoms with Crippen molar-refractivity contribution in [1.29, 1.82) is 0 Å². The van der Waals surface area contributed by atoms with Gasteiger partial charge in [0, 0.05) is 18.1 Å². The Morgan fingerprint density at radius 1 is 1.25 bits per heavy atom. The number of para-hydroxylation sites is 2. The average molecular weight is 456 g/mol. The van der Waals surface area contributed by atoms with E-state index in [2.05, 4.69) is 31.5 Å². The molecule has 0 aliphatic rings. The van der Waals surface area contributed by atoms with Gasteiger partial charge in [0.15, 0.2) is 11.5 Å². The van der Waals surface area contributed by atoms with Crippen molar-refractivity contribution < 1.29 is 9.84 Å². The Morgan fingerprint density at radius 3 is 2.71 bits per heavy atom. The Kier molecular flexibility index (Phi) is 4.95. The summed E-state index contributed by atoms with van der Waals surface area (Å²) in [6.07, 6.45) is 2.02. The van der Waals surface area contributed by atoms with Crippen molar-refractivity contribution in [1.82, 2.24) is 14.5 Å². The second kappa shape index (κ2) is 7.41. The molecular weight excluding hydrogens is 438 g/mol. The van der Waals surface area contributed by atoms with Crippen molar-refractivity contribution >= 4 is 49.9 Å². The van der Waals surface area contributed by atoms with Crippen LogP contribution in [-0.2, 0) is 7.05 Å². The Bertz CT molecular complexity index is 1210. The summed E-state index contributed by atoms with van der Waals surface area (Å²) in [5.74, 6) is 1.31. The van der Waals surface area contributed by atoms with Crippen molar-refractivity contribution in [2.24, 2.45) is 7.05 Å². The van der Waals surface area contributed by atoms with Gasteiger partial charge in [-0.1, -0.05) is 12.1 Å². The van der Waals surface area contributed by atoms with Crippen molar-refractivity contribution in [2.45, 2.75) is 6.92 Å². The van der Waals surface area contributed by atoms with Crippen molar-refractivity contribution in [3.63, 3.8) is 0 Å². The number of halogens is 1. The first-order valence-electron chi connectivity index (χ1n) is 8.60. The van der Waals surface area contributed by atoms with Crippen molar-refractivity contribution in [3.05, 3.63) is 68.3 Å². The monoisotopic (exact) mass is 455 g/mol. The van der Waals surface area contributed by atoms with Crippen molar-refractivity contribution in [2.75, 3.05) is 7.11 Å². The van der Waals surface area contributed by atoms with E-state index in [0.717, 1.165) is 38.7 Å². The van der Waals surface area contributed by atoms with Gasteiger partial charge in [0.05, 0.1) is 28.2 Å². The SMILES string of the molecule is COc1cc(C=C(c2nc(C)cs2)c2nc3ccccc3n2C)cc(Br)c1O. The fourth-order valence-electron chi connectivity index (χ4n) is 3.09. The lowest BCUT2D eigenvalue weighted by atomic mass is 10.1. The molecule has 0 spiro atoms. The summed E-state index contributed by atoms with van der Waals surface area (Å²) in [5, 5.41) is 13.0. The van der Waals surface area contributed by atoms with Crippen LogP contribution in [-0.4, -0.2) is 26.8 Å². The molecule has 142 valence electrons. The van der Waals surface area contributed by atoms with Crippen LogP contribution in [0, 0.1) is 6.92 Å². The van der Waals surface area contributed by atoms with Gasteiger partial charge in [-0.25, -0.2) is 9.97 Å². The highest BCUT2D eigenvalue weighted by Crippen LogP contribution is 2.37. The third-order valence-corrected chi connectivity index (χ3v) is 6.06. The van der Waals surface area contributed by atoms with Crippen LogP contribution in [0.3, 0.4) is 0 Å². The molecule has 0 unspecified atom stereocenters. The molecule has 0 saturated heterocycles. The average Bonchev–Trinajstić information content (AvgIpc) is 3.26. The number of nitrogens with zero attached hydrogens (tertiary/aromatic N) is 3. The molecule has 4 rings (SSSR count). The summed E-state index contributed by atoms with van der Waals surface area (Å²) in [6.45, 7) is 1.98. The minimum absolute atomic E-state index is 0.0778. The second-order valence-electron chi connectivity index (χ2n) is 6.39. The Hall–Kier alpha value is -2.64. The van der Waals surface area contributed by atoms with E-state index < -0.39 is 0 Å². The number of methoxy groups -OCH3 is 1. The maximum Gasteiger partial charge on any atom is 0.172 e. The molecule has 2 aromatic carbocycles. The highest BCUT2D eigenvalue weighted by molar-refractivity contribution is 9.10. The smallest absolute Gasteiger partial charge is 0.172 e. The summed E-state index contributed by atoms with van der Waals surface area (Å²) in [4.78, 5) is 9.53. The molecule has 1 N–H and O–H groups in total. The number of aryl methyl sites for hydroxylation is 2. The highest BCUT2D eigenvalue weighted by Gasteiger charge is 2.17. The number of rotatable bonds is 4. The minimum atomic E-state index is 0.0778. The van der Waals surface area contributed by atoms with Gasteiger partial charge in [-0.15, -0.1) is 11.3 Å². The van der Waals surface area contributed by atoms with E-state index in [1.165, 1.54) is 7.11 Å². The summed E-state index contributed by atoms with van der Waals surface area (Å²) in [6, 6.07) is 11.7. The van der Waals surface area contributed by atoms with Gasteiger partial charge in [0.2, 0.25) is 0 Å². The maximum atomic E-state index is 10.1. The predicted octanol–water partition coefficient (Wildman–Crippen LogP) is 5.40. The fourth-order valence-corrected chi connectivity index (χ4v) is 4.35. The Balaban J connectivity index is 1.95. The van der Waals surface area contributed by atoms with Gasteiger partial charge in [-0.05, 0) is 58.8 Å². The number of thiazole rings is 1. The molecule has 0 aliphatic carbocycles. The number of hydrogen-bond donors (Lipinski definition) is 1. The zero-order chi connectivity index (χ0) is 19.8. The van der Waals surface area contributed by atoms with E-state index in [0.29, 0.717) is 10.2 Å². The minimum Gasteiger partial charge on any atom is -0.503 e. The van der Waals surface area contributed by atoms with Gasteiger partial charge in [0.25, 0.3) is 0 Å². The molecule has 0 saturated carbocycles. The third kappa shape index (κ3) is 3.31. The lowest BCUT2D eigenvalue weighted by Crippen LogP contribution is -1.99. The van der Waals surface area contributed by atoms with Crippen LogP contribution in [0.1, 0.15) is 22.1 Å². The Labute approximate surface area is 175 Å². The molecule has 0 bridgehead atoms. The molecule has 0 fully saturated rings. The molecule has 4 aromatic rings. The standard InChI is InChI=1S/C21H18BrN3O2S/c1-12-11-28-21(23-12)14(8-13-9-15(22)19(26)18(10-13)27-3)20-24-16-6-4-5-7-17(16)25(20)2/h4-11,26H,1-3H3. The van der Waals surface area contributed by atoms with Crippen LogP contribution in [0.5, 0.6) is 11.5 Å². The van der Waals surface area contributed by atoms with Gasteiger partial charge >= 0.3 is 0 Å². The first-order chi connectivity index (χ1) is 13.5. The van der Waals surface area contributed by atoms with Gasteiger partial charge < -0.3 is 14.4 Å². The summed E-state index contributed by atoms with van der Waals surface area (Å²) in [7, 11) is 3.54. The van der Waals surface area contributed by atoms with Crippen LogP contribution in [0.4, 0.5) is 0 Å². The van der Waals surface area contributed by atoms with Crippen LogP contribution in [0.15, 0.2) is 46.3 Å². The molecule has 0 aliphatic heterocycles. The number of hydrogen-bond acceptors (Lipinski definition) is 5. The molecule has 7 heteroatoms. The number of aromatic hydroxyl groups is 1. The van der Waals surface area contributed by atoms with E-state index in [-0.39, 0.29) is 5.75 Å². The number of ether oxygens (including phenoxy) is 1.